The largest absolute Gasteiger partial charge is 0.329 e. The zero-order valence-corrected chi connectivity index (χ0v) is 11.0. The van der Waals surface area contributed by atoms with Gasteiger partial charge in [-0.25, -0.2) is 4.98 Å². The Morgan fingerprint density at radius 1 is 1.39 bits per heavy atom. The minimum atomic E-state index is 0.635. The second-order valence-electron chi connectivity index (χ2n) is 4.32. The third-order valence-electron chi connectivity index (χ3n) is 2.96. The maximum absolute atomic E-state index is 5.35. The van der Waals surface area contributed by atoms with Gasteiger partial charge in [0.15, 0.2) is 10.4 Å². The highest BCUT2D eigenvalue weighted by molar-refractivity contribution is 7.71. The molecule has 3 aromatic heterocycles. The minimum Gasteiger partial charge on any atom is -0.329 e. The van der Waals surface area contributed by atoms with Crippen LogP contribution in [0.2, 0.25) is 0 Å². The predicted molar refractivity (Wildman–Crippen MR) is 72.0 cm³/mol. The van der Waals surface area contributed by atoms with Gasteiger partial charge in [0.1, 0.15) is 0 Å². The second-order valence-corrected chi connectivity index (χ2v) is 4.71. The molecule has 0 spiro atoms. The van der Waals surface area contributed by atoms with Gasteiger partial charge in [0.05, 0.1) is 17.8 Å². The number of nitrogens with zero attached hydrogens (tertiary/aromatic N) is 4. The average Bonchev–Trinajstić information content (AvgIpc) is 2.87. The Labute approximate surface area is 109 Å². The molecule has 0 aliphatic rings. The summed E-state index contributed by atoms with van der Waals surface area (Å²) >= 11 is 5.35. The Kier molecular flexibility index (Phi) is 2.52. The van der Waals surface area contributed by atoms with Crippen molar-refractivity contribution in [2.45, 2.75) is 13.5 Å². The summed E-state index contributed by atoms with van der Waals surface area (Å²) in [5.41, 5.74) is 3.99. The lowest BCUT2D eigenvalue weighted by atomic mass is 10.3. The van der Waals surface area contributed by atoms with Crippen LogP contribution in [-0.2, 0) is 13.6 Å². The number of rotatable bonds is 2. The third kappa shape index (κ3) is 1.74. The standard InChI is InChI=1S/C12H13N5S/c1-8-3-5-13-11-10(8)14-12(18)17(11)7-9-4-6-16(2)15-9/h3-6H,7H2,1-2H3,(H,14,18). The third-order valence-corrected chi connectivity index (χ3v) is 3.28. The molecule has 0 aliphatic heterocycles. The highest BCUT2D eigenvalue weighted by Gasteiger charge is 2.09. The number of hydrogen-bond donors (Lipinski definition) is 1. The summed E-state index contributed by atoms with van der Waals surface area (Å²) in [4.78, 5) is 7.60. The van der Waals surface area contributed by atoms with Crippen molar-refractivity contribution >= 4 is 23.4 Å². The van der Waals surface area contributed by atoms with E-state index in [-0.39, 0.29) is 0 Å². The number of imidazole rings is 1. The van der Waals surface area contributed by atoms with Gasteiger partial charge >= 0.3 is 0 Å². The molecule has 0 aromatic carbocycles. The topological polar surface area (TPSA) is 51.4 Å². The van der Waals surface area contributed by atoms with E-state index >= 15 is 0 Å². The van der Waals surface area contributed by atoms with Crippen molar-refractivity contribution in [3.63, 3.8) is 0 Å². The van der Waals surface area contributed by atoms with Gasteiger partial charge in [0, 0.05) is 19.4 Å². The fourth-order valence-corrected chi connectivity index (χ4v) is 2.28. The molecule has 0 saturated heterocycles. The predicted octanol–water partition coefficient (Wildman–Crippen LogP) is 2.18. The quantitative estimate of drug-likeness (QED) is 0.718. The molecular weight excluding hydrogens is 246 g/mol. The van der Waals surface area contributed by atoms with E-state index in [9.17, 15) is 0 Å². The van der Waals surface area contributed by atoms with Crippen molar-refractivity contribution < 1.29 is 0 Å². The van der Waals surface area contributed by atoms with E-state index in [0.717, 1.165) is 22.4 Å². The second kappa shape index (κ2) is 4.06. The molecule has 3 aromatic rings. The number of nitrogens with one attached hydrogen (secondary N) is 1. The number of aromatic nitrogens is 5. The van der Waals surface area contributed by atoms with Crippen LogP contribution < -0.4 is 0 Å². The van der Waals surface area contributed by atoms with E-state index in [1.165, 1.54) is 0 Å². The van der Waals surface area contributed by atoms with Gasteiger partial charge in [-0.15, -0.1) is 0 Å². The molecule has 0 saturated carbocycles. The van der Waals surface area contributed by atoms with Crippen molar-refractivity contribution in [3.05, 3.63) is 40.6 Å². The van der Waals surface area contributed by atoms with Crippen LogP contribution in [0.5, 0.6) is 0 Å². The van der Waals surface area contributed by atoms with Gasteiger partial charge in [-0.2, -0.15) is 5.10 Å². The van der Waals surface area contributed by atoms with E-state index in [0.29, 0.717) is 11.3 Å². The maximum Gasteiger partial charge on any atom is 0.179 e. The lowest BCUT2D eigenvalue weighted by molar-refractivity contribution is 0.708. The smallest absolute Gasteiger partial charge is 0.179 e. The number of aromatic amines is 1. The fourth-order valence-electron chi connectivity index (χ4n) is 2.03. The lowest BCUT2D eigenvalue weighted by Gasteiger charge is -2.01. The Morgan fingerprint density at radius 3 is 2.94 bits per heavy atom. The summed E-state index contributed by atoms with van der Waals surface area (Å²) in [6.45, 7) is 2.68. The van der Waals surface area contributed by atoms with Crippen LogP contribution in [-0.4, -0.2) is 24.3 Å². The zero-order valence-electron chi connectivity index (χ0n) is 10.2. The first-order valence-corrected chi connectivity index (χ1v) is 6.08. The zero-order chi connectivity index (χ0) is 12.7. The average molecular weight is 259 g/mol. The van der Waals surface area contributed by atoms with Gasteiger partial charge in [-0.3, -0.25) is 9.25 Å². The van der Waals surface area contributed by atoms with Gasteiger partial charge < -0.3 is 4.98 Å². The minimum absolute atomic E-state index is 0.635. The molecule has 0 aliphatic carbocycles. The van der Waals surface area contributed by atoms with Gasteiger partial charge in [-0.1, -0.05) is 0 Å². The van der Waals surface area contributed by atoms with Crippen molar-refractivity contribution in [2.75, 3.05) is 0 Å². The van der Waals surface area contributed by atoms with Crippen molar-refractivity contribution in [2.24, 2.45) is 7.05 Å². The Balaban J connectivity index is 2.14. The van der Waals surface area contributed by atoms with E-state index < -0.39 is 0 Å². The molecule has 5 nitrogen and oxygen atoms in total. The molecule has 0 unspecified atom stereocenters. The molecule has 0 atom stereocenters. The molecule has 1 N–H and O–H groups in total. The SMILES string of the molecule is Cc1ccnc2c1[nH]c(=S)n2Cc1ccn(C)n1. The summed E-state index contributed by atoms with van der Waals surface area (Å²) in [6.07, 6.45) is 3.72. The first-order valence-electron chi connectivity index (χ1n) is 5.68. The van der Waals surface area contributed by atoms with Gasteiger partial charge in [0.25, 0.3) is 0 Å². The molecule has 0 bridgehead atoms. The number of H-pyrrole nitrogens is 1. The molecule has 6 heteroatoms. The van der Waals surface area contributed by atoms with Crippen LogP contribution >= 0.6 is 12.2 Å². The molecule has 0 amide bonds. The fraction of sp³-hybridized carbons (Fsp3) is 0.250. The maximum atomic E-state index is 5.35. The van der Waals surface area contributed by atoms with Crippen LogP contribution in [0.3, 0.4) is 0 Å². The van der Waals surface area contributed by atoms with Crippen LogP contribution in [0.15, 0.2) is 24.5 Å². The molecule has 18 heavy (non-hydrogen) atoms. The van der Waals surface area contributed by atoms with E-state index in [1.54, 1.807) is 10.9 Å². The molecule has 0 fully saturated rings. The number of aryl methyl sites for hydroxylation is 2. The summed E-state index contributed by atoms with van der Waals surface area (Å²) < 4.78 is 4.43. The van der Waals surface area contributed by atoms with E-state index in [1.807, 2.05) is 36.9 Å². The van der Waals surface area contributed by atoms with Crippen LogP contribution in [0.25, 0.3) is 11.2 Å². The van der Waals surface area contributed by atoms with Crippen molar-refractivity contribution in [3.8, 4) is 0 Å². The normalized spacial score (nSPS) is 11.2. The number of pyridine rings is 1. The van der Waals surface area contributed by atoms with Gasteiger partial charge in [-0.05, 0) is 36.8 Å². The summed E-state index contributed by atoms with van der Waals surface area (Å²) in [7, 11) is 1.90. The highest BCUT2D eigenvalue weighted by Crippen LogP contribution is 2.16. The molecule has 3 rings (SSSR count). The number of fused-ring (bicyclic) bond motifs is 1. The summed E-state index contributed by atoms with van der Waals surface area (Å²) in [6, 6.07) is 3.95. The first-order chi connectivity index (χ1) is 8.65. The van der Waals surface area contributed by atoms with Crippen molar-refractivity contribution in [1.82, 2.24) is 24.3 Å². The summed E-state index contributed by atoms with van der Waals surface area (Å²) in [5.74, 6) is 0. The summed E-state index contributed by atoms with van der Waals surface area (Å²) in [5, 5.41) is 4.36. The van der Waals surface area contributed by atoms with Crippen molar-refractivity contribution in [1.29, 1.82) is 0 Å². The Bertz CT molecular complexity index is 764. The monoisotopic (exact) mass is 259 g/mol. The van der Waals surface area contributed by atoms with E-state index in [2.05, 4.69) is 15.1 Å². The van der Waals surface area contributed by atoms with Crippen LogP contribution in [0.4, 0.5) is 0 Å². The molecule has 92 valence electrons. The molecule has 0 radical (unpaired) electrons. The van der Waals surface area contributed by atoms with Crippen LogP contribution in [0, 0.1) is 11.7 Å². The molecule has 3 heterocycles. The Morgan fingerprint density at radius 2 is 2.22 bits per heavy atom. The first kappa shape index (κ1) is 11.2. The van der Waals surface area contributed by atoms with E-state index in [4.69, 9.17) is 12.2 Å². The number of hydrogen-bond acceptors (Lipinski definition) is 3. The lowest BCUT2D eigenvalue weighted by Crippen LogP contribution is -2.02. The Hall–Kier alpha value is -1.95. The highest BCUT2D eigenvalue weighted by atomic mass is 32.1. The molecular formula is C12H13N5S. The van der Waals surface area contributed by atoms with Crippen LogP contribution in [0.1, 0.15) is 11.3 Å². The van der Waals surface area contributed by atoms with Gasteiger partial charge in [0.2, 0.25) is 0 Å².